The van der Waals surface area contributed by atoms with E-state index in [4.69, 9.17) is 15.2 Å². The highest BCUT2D eigenvalue weighted by Crippen LogP contribution is 2.23. The molecule has 1 aliphatic rings. The molecule has 0 unspecified atom stereocenters. The molecule has 0 bridgehead atoms. The average molecular weight is 201 g/mol. The molecule has 0 aromatic heterocycles. The lowest BCUT2D eigenvalue weighted by Crippen LogP contribution is -2.34. The fraction of sp³-hybridized carbons (Fsp3) is 0.900. The van der Waals surface area contributed by atoms with E-state index in [-0.39, 0.29) is 12.1 Å². The van der Waals surface area contributed by atoms with Crippen molar-refractivity contribution in [2.24, 2.45) is 5.73 Å². The van der Waals surface area contributed by atoms with Gasteiger partial charge in [0.15, 0.2) is 0 Å². The smallest absolute Gasteiger partial charge is 0.322 e. The number of hydrogen-bond donors (Lipinski definition) is 1. The second-order valence-electron chi connectivity index (χ2n) is 3.86. The third-order valence-corrected chi connectivity index (χ3v) is 2.61. The molecule has 1 rings (SSSR count). The van der Waals surface area contributed by atoms with Gasteiger partial charge in [-0.25, -0.2) is 0 Å². The van der Waals surface area contributed by atoms with Gasteiger partial charge in [-0.1, -0.05) is 0 Å². The van der Waals surface area contributed by atoms with Crippen molar-refractivity contribution in [3.05, 3.63) is 0 Å². The molecular weight excluding hydrogens is 182 g/mol. The van der Waals surface area contributed by atoms with Crippen LogP contribution >= 0.6 is 0 Å². The first-order valence-electron chi connectivity index (χ1n) is 5.12. The summed E-state index contributed by atoms with van der Waals surface area (Å²) in [5.74, 6) is -0.300. The maximum absolute atomic E-state index is 11.2. The molecule has 4 nitrogen and oxygen atoms in total. The van der Waals surface area contributed by atoms with E-state index in [1.165, 1.54) is 0 Å². The van der Waals surface area contributed by atoms with Crippen LogP contribution in [0.1, 0.15) is 32.6 Å². The van der Waals surface area contributed by atoms with E-state index >= 15 is 0 Å². The van der Waals surface area contributed by atoms with Crippen molar-refractivity contribution in [1.82, 2.24) is 0 Å². The lowest BCUT2D eigenvalue weighted by atomic mass is 9.95. The number of methoxy groups -OCH3 is 1. The van der Waals surface area contributed by atoms with Crippen LogP contribution in [0.2, 0.25) is 0 Å². The summed E-state index contributed by atoms with van der Waals surface area (Å²) >= 11 is 0. The minimum atomic E-state index is -0.518. The Hall–Kier alpha value is -0.610. The molecule has 0 heterocycles. The van der Waals surface area contributed by atoms with Gasteiger partial charge in [-0.15, -0.1) is 0 Å². The highest BCUT2D eigenvalue weighted by Gasteiger charge is 2.24. The Labute approximate surface area is 84.7 Å². The second kappa shape index (κ2) is 5.32. The Bertz CT molecular complexity index is 186. The molecule has 0 saturated heterocycles. The Kier molecular flexibility index (Phi) is 4.35. The number of carbonyl (C=O) groups excluding carboxylic acids is 1. The third kappa shape index (κ3) is 3.27. The van der Waals surface area contributed by atoms with E-state index in [0.717, 1.165) is 25.7 Å². The molecule has 1 aliphatic carbocycles. The molecule has 0 aliphatic heterocycles. The van der Waals surface area contributed by atoms with Gasteiger partial charge >= 0.3 is 5.97 Å². The molecule has 0 aromatic rings. The highest BCUT2D eigenvalue weighted by molar-refractivity contribution is 5.75. The van der Waals surface area contributed by atoms with Crippen LogP contribution in [0.5, 0.6) is 0 Å². The summed E-state index contributed by atoms with van der Waals surface area (Å²) in [6.45, 7) is 1.64. The van der Waals surface area contributed by atoms with Crippen LogP contribution in [-0.2, 0) is 14.3 Å². The van der Waals surface area contributed by atoms with E-state index in [0.29, 0.717) is 6.10 Å². The van der Waals surface area contributed by atoms with Gasteiger partial charge in [-0.2, -0.15) is 0 Å². The molecule has 0 aromatic carbocycles. The molecule has 1 saturated carbocycles. The molecule has 14 heavy (non-hydrogen) atoms. The molecule has 4 heteroatoms. The Morgan fingerprint density at radius 2 is 1.79 bits per heavy atom. The summed E-state index contributed by atoms with van der Waals surface area (Å²) in [6, 6.07) is -0.518. The van der Waals surface area contributed by atoms with Crippen molar-refractivity contribution >= 4 is 5.97 Å². The standard InChI is InChI=1S/C10H19NO3/c1-7(11)10(12)14-9-5-3-8(13-2)4-6-9/h7-9H,3-6,11H2,1-2H3/t7-,8?,9?/m0/s1. The zero-order valence-electron chi connectivity index (χ0n) is 8.86. The molecule has 0 radical (unpaired) electrons. The average Bonchev–Trinajstić information content (AvgIpc) is 2.19. The Morgan fingerprint density at radius 1 is 1.29 bits per heavy atom. The van der Waals surface area contributed by atoms with Crippen molar-refractivity contribution in [2.45, 2.75) is 50.9 Å². The summed E-state index contributed by atoms with van der Waals surface area (Å²) < 4.78 is 10.5. The van der Waals surface area contributed by atoms with Crippen LogP contribution < -0.4 is 5.73 Å². The van der Waals surface area contributed by atoms with Crippen molar-refractivity contribution in [3.8, 4) is 0 Å². The number of carbonyl (C=O) groups is 1. The van der Waals surface area contributed by atoms with Gasteiger partial charge < -0.3 is 15.2 Å². The fourth-order valence-corrected chi connectivity index (χ4v) is 1.66. The molecular formula is C10H19NO3. The van der Waals surface area contributed by atoms with Gasteiger partial charge in [0.25, 0.3) is 0 Å². The van der Waals surface area contributed by atoms with Crippen LogP contribution in [0, 0.1) is 0 Å². The molecule has 82 valence electrons. The number of esters is 1. The maximum Gasteiger partial charge on any atom is 0.322 e. The minimum Gasteiger partial charge on any atom is -0.461 e. The topological polar surface area (TPSA) is 61.5 Å². The van der Waals surface area contributed by atoms with Crippen molar-refractivity contribution < 1.29 is 14.3 Å². The van der Waals surface area contributed by atoms with Gasteiger partial charge in [0.05, 0.1) is 6.10 Å². The fourth-order valence-electron chi connectivity index (χ4n) is 1.66. The van der Waals surface area contributed by atoms with Crippen LogP contribution in [0.4, 0.5) is 0 Å². The summed E-state index contributed by atoms with van der Waals surface area (Å²) in [4.78, 5) is 11.2. The van der Waals surface area contributed by atoms with E-state index in [2.05, 4.69) is 0 Å². The zero-order chi connectivity index (χ0) is 10.6. The summed E-state index contributed by atoms with van der Waals surface area (Å²) in [5.41, 5.74) is 5.41. The largest absolute Gasteiger partial charge is 0.461 e. The normalized spacial score (nSPS) is 29.6. The Balaban J connectivity index is 2.25. The van der Waals surface area contributed by atoms with Gasteiger partial charge in [0.2, 0.25) is 0 Å². The van der Waals surface area contributed by atoms with Crippen LogP contribution in [0.3, 0.4) is 0 Å². The molecule has 1 fully saturated rings. The van der Waals surface area contributed by atoms with E-state index in [1.54, 1.807) is 14.0 Å². The van der Waals surface area contributed by atoms with Crippen LogP contribution in [0.25, 0.3) is 0 Å². The maximum atomic E-state index is 11.2. The number of hydrogen-bond acceptors (Lipinski definition) is 4. The lowest BCUT2D eigenvalue weighted by Gasteiger charge is -2.27. The van der Waals surface area contributed by atoms with E-state index in [9.17, 15) is 4.79 Å². The van der Waals surface area contributed by atoms with Crippen molar-refractivity contribution in [1.29, 1.82) is 0 Å². The van der Waals surface area contributed by atoms with Gasteiger partial charge in [-0.05, 0) is 32.6 Å². The van der Waals surface area contributed by atoms with Gasteiger partial charge in [0.1, 0.15) is 12.1 Å². The monoisotopic (exact) mass is 201 g/mol. The quantitative estimate of drug-likeness (QED) is 0.687. The van der Waals surface area contributed by atoms with Crippen molar-refractivity contribution in [3.63, 3.8) is 0 Å². The van der Waals surface area contributed by atoms with Gasteiger partial charge in [-0.3, -0.25) is 4.79 Å². The Morgan fingerprint density at radius 3 is 2.21 bits per heavy atom. The van der Waals surface area contributed by atoms with Gasteiger partial charge in [0, 0.05) is 7.11 Å². The van der Waals surface area contributed by atoms with E-state index < -0.39 is 6.04 Å². The molecule has 2 N–H and O–H groups in total. The number of ether oxygens (including phenoxy) is 2. The first kappa shape index (κ1) is 11.5. The van der Waals surface area contributed by atoms with Crippen molar-refractivity contribution in [2.75, 3.05) is 7.11 Å². The van der Waals surface area contributed by atoms with Crippen LogP contribution in [0.15, 0.2) is 0 Å². The summed E-state index contributed by atoms with van der Waals surface area (Å²) in [6.07, 6.45) is 4.08. The first-order valence-corrected chi connectivity index (χ1v) is 5.12. The molecule has 0 spiro atoms. The predicted molar refractivity (Wildman–Crippen MR) is 52.8 cm³/mol. The highest BCUT2D eigenvalue weighted by atomic mass is 16.5. The minimum absolute atomic E-state index is 0.0416. The number of rotatable bonds is 3. The predicted octanol–water partition coefficient (Wildman–Crippen LogP) is 0.834. The third-order valence-electron chi connectivity index (χ3n) is 2.61. The second-order valence-corrected chi connectivity index (χ2v) is 3.86. The summed E-state index contributed by atoms with van der Waals surface area (Å²) in [5, 5.41) is 0. The summed E-state index contributed by atoms with van der Waals surface area (Å²) in [7, 11) is 1.72. The first-order chi connectivity index (χ1) is 6.63. The zero-order valence-corrected chi connectivity index (χ0v) is 8.86. The molecule has 0 amide bonds. The number of nitrogens with two attached hydrogens (primary N) is 1. The van der Waals surface area contributed by atoms with Crippen LogP contribution in [-0.4, -0.2) is 31.3 Å². The SMILES string of the molecule is COC1CCC(OC(=O)[C@H](C)N)CC1. The van der Waals surface area contributed by atoms with E-state index in [1.807, 2.05) is 0 Å². The lowest BCUT2D eigenvalue weighted by molar-refractivity contribution is -0.152. The molecule has 1 atom stereocenters.